The van der Waals surface area contributed by atoms with Crippen molar-refractivity contribution < 1.29 is 38.4 Å². The Kier molecular flexibility index (Phi) is 11.4. The number of ether oxygens (including phenoxy) is 4. The molecule has 0 spiro atoms. The molecule has 1 aromatic heterocycles. The third-order valence-corrected chi connectivity index (χ3v) is 5.16. The summed E-state index contributed by atoms with van der Waals surface area (Å²) in [5.41, 5.74) is 6.49. The Labute approximate surface area is 236 Å². The Morgan fingerprint density at radius 3 is 1.98 bits per heavy atom. The maximum atomic E-state index is 12.9. The summed E-state index contributed by atoms with van der Waals surface area (Å²) in [5, 5.41) is 17.4. The molecule has 0 atom stereocenters. The summed E-state index contributed by atoms with van der Waals surface area (Å²) in [4.78, 5) is 36.6. The third kappa shape index (κ3) is 7.91. The molecule has 0 aliphatic rings. The Hall–Kier alpha value is -4.69. The highest BCUT2D eigenvalue weighted by atomic mass is 32.1. The maximum Gasteiger partial charge on any atom is 0.337 e. The van der Waals surface area contributed by atoms with Crippen LogP contribution < -0.4 is 30.6 Å². The van der Waals surface area contributed by atoms with Crippen molar-refractivity contribution in [1.29, 1.82) is 0 Å². The van der Waals surface area contributed by atoms with Gasteiger partial charge in [0.15, 0.2) is 16.6 Å². The number of nitrogens with zero attached hydrogens (tertiary/aromatic N) is 2. The second-order valence-electron chi connectivity index (χ2n) is 8.14. The molecule has 3 rings (SSSR count). The van der Waals surface area contributed by atoms with Gasteiger partial charge in [0.1, 0.15) is 11.4 Å². The minimum atomic E-state index is -0.770. The number of esters is 1. The van der Waals surface area contributed by atoms with E-state index in [1.807, 2.05) is 0 Å². The highest BCUT2D eigenvalue weighted by molar-refractivity contribution is 7.80. The number of nitrogens with one attached hydrogen (secondary N) is 2. The lowest BCUT2D eigenvalue weighted by molar-refractivity contribution is 0.0600. The van der Waals surface area contributed by atoms with E-state index in [4.69, 9.17) is 42.0 Å². The topological polar surface area (TPSA) is 176 Å². The average molecular weight is 574 g/mol. The van der Waals surface area contributed by atoms with E-state index in [1.165, 1.54) is 63.6 Å². The quantitative estimate of drug-likeness (QED) is 0.230. The van der Waals surface area contributed by atoms with E-state index in [2.05, 4.69) is 15.7 Å². The summed E-state index contributed by atoms with van der Waals surface area (Å²) in [5.74, 6) is -0.854. The molecule has 0 saturated carbocycles. The molecule has 3 aromatic rings. The van der Waals surface area contributed by atoms with Crippen LogP contribution in [0.5, 0.6) is 17.2 Å². The fourth-order valence-corrected chi connectivity index (χ4v) is 3.42. The van der Waals surface area contributed by atoms with Gasteiger partial charge in [-0.15, -0.1) is 0 Å². The number of rotatable bonds is 8. The van der Waals surface area contributed by atoms with Crippen LogP contribution in [0.2, 0.25) is 0 Å². The summed E-state index contributed by atoms with van der Waals surface area (Å²) in [6.07, 6.45) is 1.09. The van der Waals surface area contributed by atoms with E-state index >= 15 is 0 Å². The summed E-state index contributed by atoms with van der Waals surface area (Å²) in [6.45, 7) is 3.44. The number of hydrogen-bond acceptors (Lipinski definition) is 10. The smallest absolute Gasteiger partial charge is 0.337 e. The van der Waals surface area contributed by atoms with E-state index in [9.17, 15) is 14.4 Å². The molecule has 14 heteroatoms. The molecule has 1 heterocycles. The van der Waals surface area contributed by atoms with Crippen LogP contribution in [-0.4, -0.2) is 72.3 Å². The monoisotopic (exact) mass is 573 g/mol. The molecule has 5 N–H and O–H groups in total. The predicted octanol–water partition coefficient (Wildman–Crippen LogP) is 2.30. The standard InChI is InChI=1S/C23H23N5O7S.C3H8O/c1-32-16-9-13(10-17(33-2)18(16)34-3)21(30)27-23(36)26-20-15(19(24)29)11-25-28(20)14-7-5-12(6-8-14)22(31)35-4;1-3(2)4/h5-11H,1-4H3,(H2,24,29)(H2,26,27,30,36);3-4H,1-2H3. The first-order chi connectivity index (χ1) is 19.0. The first-order valence-electron chi connectivity index (χ1n) is 11.6. The van der Waals surface area contributed by atoms with Gasteiger partial charge in [0.2, 0.25) is 5.75 Å². The van der Waals surface area contributed by atoms with Crippen LogP contribution in [0, 0.1) is 0 Å². The molecular weight excluding hydrogens is 542 g/mol. The highest BCUT2D eigenvalue weighted by Crippen LogP contribution is 2.38. The Morgan fingerprint density at radius 1 is 0.975 bits per heavy atom. The average Bonchev–Trinajstić information content (AvgIpc) is 3.34. The van der Waals surface area contributed by atoms with Crippen LogP contribution in [0.25, 0.3) is 5.69 Å². The van der Waals surface area contributed by atoms with Crippen LogP contribution in [0.1, 0.15) is 44.9 Å². The van der Waals surface area contributed by atoms with Gasteiger partial charge in [-0.2, -0.15) is 5.10 Å². The Bertz CT molecular complexity index is 1340. The molecular formula is C26H31N5O8S. The van der Waals surface area contributed by atoms with Gasteiger partial charge in [-0.25, -0.2) is 9.48 Å². The van der Waals surface area contributed by atoms with Gasteiger partial charge in [-0.1, -0.05) is 0 Å². The zero-order chi connectivity index (χ0) is 30.0. The van der Waals surface area contributed by atoms with Gasteiger partial charge in [0, 0.05) is 11.7 Å². The second kappa shape index (κ2) is 14.5. The van der Waals surface area contributed by atoms with Crippen molar-refractivity contribution in [2.45, 2.75) is 20.0 Å². The molecule has 0 unspecified atom stereocenters. The van der Waals surface area contributed by atoms with Crippen LogP contribution in [-0.2, 0) is 4.74 Å². The fourth-order valence-electron chi connectivity index (χ4n) is 3.23. The number of carbonyl (C=O) groups excluding carboxylic acids is 3. The number of anilines is 1. The molecule has 0 radical (unpaired) electrons. The number of nitrogens with two attached hydrogens (primary N) is 1. The van der Waals surface area contributed by atoms with Crippen molar-refractivity contribution >= 4 is 40.9 Å². The number of thiocarbonyl (C=S) groups is 1. The van der Waals surface area contributed by atoms with Gasteiger partial charge in [0.05, 0.1) is 45.9 Å². The molecule has 13 nitrogen and oxygen atoms in total. The van der Waals surface area contributed by atoms with Crippen molar-refractivity contribution in [3.05, 3.63) is 59.3 Å². The summed E-state index contributed by atoms with van der Waals surface area (Å²) < 4.78 is 21.8. The van der Waals surface area contributed by atoms with Crippen LogP contribution in [0.4, 0.5) is 5.82 Å². The number of carbonyl (C=O) groups is 3. The van der Waals surface area contributed by atoms with Crippen molar-refractivity contribution in [3.63, 3.8) is 0 Å². The van der Waals surface area contributed by atoms with E-state index in [0.29, 0.717) is 17.0 Å². The molecule has 0 aliphatic carbocycles. The van der Waals surface area contributed by atoms with Gasteiger partial charge >= 0.3 is 5.97 Å². The van der Waals surface area contributed by atoms with Gasteiger partial charge in [-0.3, -0.25) is 14.9 Å². The lowest BCUT2D eigenvalue weighted by atomic mass is 10.1. The lowest BCUT2D eigenvalue weighted by Crippen LogP contribution is -2.35. The SMILES string of the molecule is CC(C)O.COC(=O)c1ccc(-n2ncc(C(N)=O)c2NC(=S)NC(=O)c2cc(OC)c(OC)c(OC)c2)cc1. The normalized spacial score (nSPS) is 10.1. The first kappa shape index (κ1) is 31.5. The molecule has 0 saturated heterocycles. The van der Waals surface area contributed by atoms with E-state index in [-0.39, 0.29) is 39.7 Å². The van der Waals surface area contributed by atoms with Crippen molar-refractivity contribution in [1.82, 2.24) is 15.1 Å². The zero-order valence-electron chi connectivity index (χ0n) is 22.8. The van der Waals surface area contributed by atoms with Crippen molar-refractivity contribution in [2.24, 2.45) is 5.73 Å². The molecule has 0 fully saturated rings. The fraction of sp³-hybridized carbons (Fsp3) is 0.269. The van der Waals surface area contributed by atoms with Crippen LogP contribution in [0.15, 0.2) is 42.6 Å². The van der Waals surface area contributed by atoms with Crippen LogP contribution >= 0.6 is 12.2 Å². The molecule has 0 aliphatic heterocycles. The number of amides is 2. The zero-order valence-corrected chi connectivity index (χ0v) is 23.6. The number of aliphatic hydroxyl groups excluding tert-OH is 1. The minimum Gasteiger partial charge on any atom is -0.493 e. The van der Waals surface area contributed by atoms with E-state index < -0.39 is 17.8 Å². The van der Waals surface area contributed by atoms with E-state index in [0.717, 1.165) is 0 Å². The van der Waals surface area contributed by atoms with Crippen molar-refractivity contribution in [3.8, 4) is 22.9 Å². The number of hydrogen-bond donors (Lipinski definition) is 4. The number of aliphatic hydroxyl groups is 1. The van der Waals surface area contributed by atoms with Crippen LogP contribution in [0.3, 0.4) is 0 Å². The lowest BCUT2D eigenvalue weighted by Gasteiger charge is -2.15. The maximum absolute atomic E-state index is 12.9. The van der Waals surface area contributed by atoms with Gasteiger partial charge in [-0.05, 0) is 62.5 Å². The number of aromatic nitrogens is 2. The summed E-state index contributed by atoms with van der Waals surface area (Å²) in [6, 6.07) is 9.16. The minimum absolute atomic E-state index is 0.0245. The predicted molar refractivity (Wildman–Crippen MR) is 151 cm³/mol. The second-order valence-corrected chi connectivity index (χ2v) is 8.55. The molecule has 2 aromatic carbocycles. The molecule has 2 amide bonds. The Morgan fingerprint density at radius 2 is 1.52 bits per heavy atom. The van der Waals surface area contributed by atoms with E-state index in [1.54, 1.807) is 26.0 Å². The first-order valence-corrected chi connectivity index (χ1v) is 12.0. The highest BCUT2D eigenvalue weighted by Gasteiger charge is 2.21. The molecule has 214 valence electrons. The summed E-state index contributed by atoms with van der Waals surface area (Å²) >= 11 is 5.29. The third-order valence-electron chi connectivity index (χ3n) is 4.95. The van der Waals surface area contributed by atoms with Gasteiger partial charge in [0.25, 0.3) is 11.8 Å². The van der Waals surface area contributed by atoms with Crippen molar-refractivity contribution in [2.75, 3.05) is 33.8 Å². The number of primary amides is 1. The summed E-state index contributed by atoms with van der Waals surface area (Å²) in [7, 11) is 5.57. The molecule has 0 bridgehead atoms. The van der Waals surface area contributed by atoms with Gasteiger partial charge < -0.3 is 35.1 Å². The largest absolute Gasteiger partial charge is 0.493 e. The molecule has 40 heavy (non-hydrogen) atoms. The number of methoxy groups -OCH3 is 4. The Balaban J connectivity index is 0.00000131. The number of benzene rings is 2.